The predicted octanol–water partition coefficient (Wildman–Crippen LogP) is 2.48. The van der Waals surface area contributed by atoms with Gasteiger partial charge in [0.05, 0.1) is 19.9 Å². The summed E-state index contributed by atoms with van der Waals surface area (Å²) >= 11 is 0. The van der Waals surface area contributed by atoms with Gasteiger partial charge in [0.15, 0.2) is 0 Å². The second kappa shape index (κ2) is 7.65. The first kappa shape index (κ1) is 19.6. The molecule has 2 aromatic rings. The van der Waals surface area contributed by atoms with E-state index in [1.807, 2.05) is 13.8 Å². The number of carbonyl (C=O) groups is 1. The molecule has 2 aromatic carbocycles. The zero-order valence-corrected chi connectivity index (χ0v) is 16.2. The number of sulfonamides is 1. The molecule has 0 aromatic heterocycles. The van der Waals surface area contributed by atoms with Gasteiger partial charge in [-0.05, 0) is 55.3 Å². The summed E-state index contributed by atoms with van der Waals surface area (Å²) in [6.07, 6.45) is 0. The van der Waals surface area contributed by atoms with Crippen LogP contribution in [0.3, 0.4) is 0 Å². The molecule has 1 amide bonds. The number of ether oxygens (including phenoxy) is 2. The van der Waals surface area contributed by atoms with Crippen LogP contribution in [-0.2, 0) is 10.0 Å². The average molecular weight is 378 g/mol. The summed E-state index contributed by atoms with van der Waals surface area (Å²) in [6, 6.07) is 7.69. The molecule has 0 bridgehead atoms. The lowest BCUT2D eigenvalue weighted by atomic mass is 10.1. The van der Waals surface area contributed by atoms with E-state index in [2.05, 4.69) is 10.0 Å². The van der Waals surface area contributed by atoms with Gasteiger partial charge in [-0.3, -0.25) is 9.52 Å². The Labute approximate surface area is 153 Å². The number of benzene rings is 2. The molecule has 8 heteroatoms. The molecule has 7 nitrogen and oxygen atoms in total. The number of nitrogens with one attached hydrogen (secondary N) is 2. The maximum atomic E-state index is 12.9. The highest BCUT2D eigenvalue weighted by molar-refractivity contribution is 7.92. The largest absolute Gasteiger partial charge is 0.495 e. The third-order valence-corrected chi connectivity index (χ3v) is 5.39. The number of methoxy groups -OCH3 is 2. The fraction of sp³-hybridized carbons (Fsp3) is 0.278. The van der Waals surface area contributed by atoms with E-state index in [1.54, 1.807) is 12.1 Å². The number of hydrogen-bond donors (Lipinski definition) is 2. The van der Waals surface area contributed by atoms with Gasteiger partial charge in [0.1, 0.15) is 16.4 Å². The number of hydrogen-bond acceptors (Lipinski definition) is 5. The van der Waals surface area contributed by atoms with Crippen molar-refractivity contribution in [3.05, 3.63) is 47.0 Å². The highest BCUT2D eigenvalue weighted by Gasteiger charge is 2.22. The fourth-order valence-electron chi connectivity index (χ4n) is 2.39. The van der Waals surface area contributed by atoms with E-state index >= 15 is 0 Å². The van der Waals surface area contributed by atoms with E-state index in [1.165, 1.54) is 39.5 Å². The summed E-state index contributed by atoms with van der Waals surface area (Å²) in [4.78, 5) is 11.8. The number of carbonyl (C=O) groups excluding carboxylic acids is 1. The van der Waals surface area contributed by atoms with Gasteiger partial charge in [0, 0.05) is 12.6 Å². The number of aryl methyl sites for hydroxylation is 2. The van der Waals surface area contributed by atoms with Crippen LogP contribution < -0.4 is 19.5 Å². The lowest BCUT2D eigenvalue weighted by molar-refractivity contribution is 0.0963. The Hall–Kier alpha value is -2.74. The summed E-state index contributed by atoms with van der Waals surface area (Å²) < 4.78 is 38.7. The SMILES string of the molecule is CNC(=O)c1ccc(NS(=O)(=O)c2cc(C)c(C)cc2OC)c(OC)c1. The van der Waals surface area contributed by atoms with Gasteiger partial charge in [-0.15, -0.1) is 0 Å². The molecular weight excluding hydrogens is 356 g/mol. The quantitative estimate of drug-likeness (QED) is 0.805. The predicted molar refractivity (Wildman–Crippen MR) is 99.7 cm³/mol. The molecule has 0 fully saturated rings. The minimum Gasteiger partial charge on any atom is -0.495 e. The first-order valence-corrected chi connectivity index (χ1v) is 9.30. The Morgan fingerprint density at radius 1 is 0.962 bits per heavy atom. The van der Waals surface area contributed by atoms with Crippen molar-refractivity contribution in [1.29, 1.82) is 0 Å². The van der Waals surface area contributed by atoms with Crippen LogP contribution >= 0.6 is 0 Å². The van der Waals surface area contributed by atoms with E-state index in [4.69, 9.17) is 9.47 Å². The maximum absolute atomic E-state index is 12.9. The van der Waals surface area contributed by atoms with Crippen LogP contribution in [0, 0.1) is 13.8 Å². The topological polar surface area (TPSA) is 93.7 Å². The number of anilines is 1. The monoisotopic (exact) mass is 378 g/mol. The van der Waals surface area contributed by atoms with E-state index in [0.717, 1.165) is 11.1 Å². The average Bonchev–Trinajstić information content (AvgIpc) is 2.62. The van der Waals surface area contributed by atoms with Gasteiger partial charge in [0.25, 0.3) is 15.9 Å². The van der Waals surface area contributed by atoms with Crippen molar-refractivity contribution in [1.82, 2.24) is 5.32 Å². The molecule has 0 spiro atoms. The first-order valence-electron chi connectivity index (χ1n) is 7.81. The van der Waals surface area contributed by atoms with Crippen molar-refractivity contribution in [2.24, 2.45) is 0 Å². The molecule has 0 aliphatic rings. The first-order chi connectivity index (χ1) is 12.2. The summed E-state index contributed by atoms with van der Waals surface area (Å²) in [6.45, 7) is 3.70. The molecule has 2 rings (SSSR count). The van der Waals surface area contributed by atoms with Crippen LogP contribution in [0.4, 0.5) is 5.69 Å². The van der Waals surface area contributed by atoms with Crippen LogP contribution in [0.2, 0.25) is 0 Å². The van der Waals surface area contributed by atoms with E-state index < -0.39 is 10.0 Å². The highest BCUT2D eigenvalue weighted by atomic mass is 32.2. The Morgan fingerprint density at radius 3 is 2.15 bits per heavy atom. The zero-order valence-electron chi connectivity index (χ0n) is 15.3. The van der Waals surface area contributed by atoms with Gasteiger partial charge >= 0.3 is 0 Å². The molecule has 0 atom stereocenters. The zero-order chi connectivity index (χ0) is 19.5. The minimum absolute atomic E-state index is 0.0283. The normalized spacial score (nSPS) is 11.0. The molecule has 0 saturated heterocycles. The van der Waals surface area contributed by atoms with Crippen LogP contribution in [0.1, 0.15) is 21.5 Å². The Balaban J connectivity index is 2.47. The fourth-order valence-corrected chi connectivity index (χ4v) is 3.70. The number of amides is 1. The molecule has 0 aliphatic heterocycles. The van der Waals surface area contributed by atoms with E-state index in [-0.39, 0.29) is 28.0 Å². The molecule has 0 heterocycles. The van der Waals surface area contributed by atoms with Gasteiger partial charge < -0.3 is 14.8 Å². The standard InChI is InChI=1S/C18H22N2O5S/c1-11-8-16(25-5)17(9-12(11)2)26(22,23)20-14-7-6-13(18(21)19-3)10-15(14)24-4/h6-10,20H,1-5H3,(H,19,21). The minimum atomic E-state index is -3.92. The van der Waals surface area contributed by atoms with E-state index in [0.29, 0.717) is 5.56 Å². The molecule has 0 saturated carbocycles. The summed E-state index contributed by atoms with van der Waals surface area (Å²) in [5, 5.41) is 2.50. The second-order valence-corrected chi connectivity index (χ2v) is 7.34. The molecule has 140 valence electrons. The van der Waals surface area contributed by atoms with Crippen molar-refractivity contribution in [3.63, 3.8) is 0 Å². The number of rotatable bonds is 6. The Morgan fingerprint density at radius 2 is 1.58 bits per heavy atom. The van der Waals surface area contributed by atoms with Crippen LogP contribution in [0.5, 0.6) is 11.5 Å². The summed E-state index contributed by atoms with van der Waals surface area (Å²) in [5.41, 5.74) is 2.33. The van der Waals surface area contributed by atoms with Crippen molar-refractivity contribution < 1.29 is 22.7 Å². The second-order valence-electron chi connectivity index (χ2n) is 5.69. The van der Waals surface area contributed by atoms with Crippen molar-refractivity contribution in [2.75, 3.05) is 26.0 Å². The van der Waals surface area contributed by atoms with Gasteiger partial charge in [-0.1, -0.05) is 0 Å². The third kappa shape index (κ3) is 3.91. The van der Waals surface area contributed by atoms with Gasteiger partial charge in [0.2, 0.25) is 0 Å². The summed E-state index contributed by atoms with van der Waals surface area (Å²) in [5.74, 6) is 0.188. The third-order valence-electron chi connectivity index (χ3n) is 4.00. The summed E-state index contributed by atoms with van der Waals surface area (Å²) in [7, 11) is 0.408. The van der Waals surface area contributed by atoms with Crippen LogP contribution in [-0.4, -0.2) is 35.6 Å². The molecule has 0 aliphatic carbocycles. The molecule has 2 N–H and O–H groups in total. The Bertz CT molecular complexity index is 939. The smallest absolute Gasteiger partial charge is 0.265 e. The lowest BCUT2D eigenvalue weighted by Gasteiger charge is -2.16. The highest BCUT2D eigenvalue weighted by Crippen LogP contribution is 2.32. The molecule has 0 radical (unpaired) electrons. The van der Waals surface area contributed by atoms with Crippen LogP contribution in [0.25, 0.3) is 0 Å². The molecule has 26 heavy (non-hydrogen) atoms. The van der Waals surface area contributed by atoms with Gasteiger partial charge in [-0.25, -0.2) is 8.42 Å². The Kier molecular flexibility index (Phi) is 5.76. The molecule has 0 unspecified atom stereocenters. The maximum Gasteiger partial charge on any atom is 0.265 e. The van der Waals surface area contributed by atoms with Crippen molar-refractivity contribution in [2.45, 2.75) is 18.7 Å². The lowest BCUT2D eigenvalue weighted by Crippen LogP contribution is -2.18. The van der Waals surface area contributed by atoms with Crippen molar-refractivity contribution >= 4 is 21.6 Å². The van der Waals surface area contributed by atoms with E-state index in [9.17, 15) is 13.2 Å². The molecular formula is C18H22N2O5S. The van der Waals surface area contributed by atoms with Crippen molar-refractivity contribution in [3.8, 4) is 11.5 Å². The van der Waals surface area contributed by atoms with Crippen LogP contribution in [0.15, 0.2) is 35.2 Å². The van der Waals surface area contributed by atoms with Gasteiger partial charge in [-0.2, -0.15) is 0 Å².